The van der Waals surface area contributed by atoms with Crippen LogP contribution in [-0.2, 0) is 16.6 Å². The zero-order valence-electron chi connectivity index (χ0n) is 10.5. The number of thiophene rings is 1. The van der Waals surface area contributed by atoms with E-state index >= 15 is 0 Å². The van der Waals surface area contributed by atoms with E-state index in [1.165, 1.54) is 4.88 Å². The number of halogens is 2. The molecule has 0 fully saturated rings. The van der Waals surface area contributed by atoms with Crippen molar-refractivity contribution >= 4 is 60.3 Å². The van der Waals surface area contributed by atoms with Gasteiger partial charge in [-0.25, -0.2) is 8.42 Å². The molecule has 8 heteroatoms. The fourth-order valence-corrected chi connectivity index (χ4v) is 3.83. The highest BCUT2D eigenvalue weighted by Gasteiger charge is 2.07. The monoisotopic (exact) mass is 394 g/mol. The Hall–Kier alpha value is -0.760. The molecule has 0 saturated heterocycles. The predicted octanol–water partition coefficient (Wildman–Crippen LogP) is 4.15. The smallest absolute Gasteiger partial charge is 0.229 e. The lowest BCUT2D eigenvalue weighted by molar-refractivity contribution is 0.607. The van der Waals surface area contributed by atoms with E-state index in [-0.39, 0.29) is 0 Å². The van der Waals surface area contributed by atoms with Crippen LogP contribution >= 0.6 is 38.9 Å². The lowest BCUT2D eigenvalue weighted by Gasteiger charge is -2.09. The molecular formula is C12H12BrClN2O2S2. The summed E-state index contributed by atoms with van der Waals surface area (Å²) < 4.78 is 25.8. The van der Waals surface area contributed by atoms with Crippen molar-refractivity contribution < 1.29 is 8.42 Å². The molecule has 0 atom stereocenters. The molecule has 0 bridgehead atoms. The van der Waals surface area contributed by atoms with Crippen LogP contribution in [0.25, 0.3) is 0 Å². The molecule has 4 nitrogen and oxygen atoms in total. The normalized spacial score (nSPS) is 11.3. The second-order valence-corrected chi connectivity index (χ2v) is 8.83. The van der Waals surface area contributed by atoms with Crippen molar-refractivity contribution in [2.45, 2.75) is 6.54 Å². The van der Waals surface area contributed by atoms with E-state index in [0.29, 0.717) is 17.3 Å². The van der Waals surface area contributed by atoms with Crippen molar-refractivity contribution in [2.75, 3.05) is 16.3 Å². The average Bonchev–Trinajstić information content (AvgIpc) is 2.74. The summed E-state index contributed by atoms with van der Waals surface area (Å²) in [6.07, 6.45) is 1.09. The van der Waals surface area contributed by atoms with E-state index < -0.39 is 10.0 Å². The molecule has 1 heterocycles. The quantitative estimate of drug-likeness (QED) is 0.799. The van der Waals surface area contributed by atoms with E-state index in [4.69, 9.17) is 11.6 Å². The maximum absolute atomic E-state index is 11.2. The minimum absolute atomic E-state index is 0.354. The van der Waals surface area contributed by atoms with Gasteiger partial charge in [-0.15, -0.1) is 11.3 Å². The highest BCUT2D eigenvalue weighted by molar-refractivity contribution is 9.11. The summed E-state index contributed by atoms with van der Waals surface area (Å²) in [7, 11) is -3.32. The van der Waals surface area contributed by atoms with Gasteiger partial charge in [-0.05, 0) is 46.3 Å². The molecule has 1 aromatic carbocycles. The molecular weight excluding hydrogens is 384 g/mol. The highest BCUT2D eigenvalue weighted by atomic mass is 79.9. The zero-order chi connectivity index (χ0) is 14.8. The second kappa shape index (κ2) is 6.34. The Morgan fingerprint density at radius 1 is 1.30 bits per heavy atom. The molecule has 0 radical (unpaired) electrons. The minimum atomic E-state index is -3.32. The zero-order valence-corrected chi connectivity index (χ0v) is 14.5. The van der Waals surface area contributed by atoms with E-state index in [9.17, 15) is 8.42 Å². The van der Waals surface area contributed by atoms with Crippen LogP contribution in [0.4, 0.5) is 11.4 Å². The van der Waals surface area contributed by atoms with Gasteiger partial charge in [0, 0.05) is 17.1 Å². The van der Waals surface area contributed by atoms with Crippen molar-refractivity contribution in [3.63, 3.8) is 0 Å². The first-order valence-electron chi connectivity index (χ1n) is 5.59. The summed E-state index contributed by atoms with van der Waals surface area (Å²) in [6.45, 7) is 0.686. The molecule has 108 valence electrons. The van der Waals surface area contributed by atoms with Crippen molar-refractivity contribution in [3.05, 3.63) is 44.0 Å². The highest BCUT2D eigenvalue weighted by Crippen LogP contribution is 2.27. The van der Waals surface area contributed by atoms with E-state index in [2.05, 4.69) is 26.0 Å². The number of rotatable bonds is 5. The summed E-state index contributed by atoms with van der Waals surface area (Å²) in [5.41, 5.74) is 1.21. The first-order chi connectivity index (χ1) is 9.33. The maximum atomic E-state index is 11.2. The summed E-state index contributed by atoms with van der Waals surface area (Å²) in [4.78, 5) is 1.19. The first-order valence-corrected chi connectivity index (χ1v) is 9.47. The number of sulfonamides is 1. The van der Waals surface area contributed by atoms with E-state index in [1.54, 1.807) is 29.5 Å². The van der Waals surface area contributed by atoms with Gasteiger partial charge in [-0.2, -0.15) is 0 Å². The van der Waals surface area contributed by atoms with Gasteiger partial charge in [0.2, 0.25) is 10.0 Å². The Kier molecular flexibility index (Phi) is 4.95. The van der Waals surface area contributed by atoms with Gasteiger partial charge in [-0.3, -0.25) is 4.72 Å². The van der Waals surface area contributed by atoms with Crippen LogP contribution in [0.15, 0.2) is 34.1 Å². The lowest BCUT2D eigenvalue weighted by Crippen LogP contribution is -2.10. The largest absolute Gasteiger partial charge is 0.380 e. The van der Waals surface area contributed by atoms with Crippen molar-refractivity contribution in [2.24, 2.45) is 0 Å². The molecule has 0 aliphatic rings. The minimum Gasteiger partial charge on any atom is -0.380 e. The van der Waals surface area contributed by atoms with Gasteiger partial charge in [0.25, 0.3) is 0 Å². The Balaban J connectivity index is 2.05. The van der Waals surface area contributed by atoms with Crippen molar-refractivity contribution in [1.82, 2.24) is 0 Å². The Labute approximate surface area is 135 Å². The number of nitrogens with one attached hydrogen (secondary N) is 2. The molecule has 0 aliphatic heterocycles. The van der Waals surface area contributed by atoms with Crippen LogP contribution in [0, 0.1) is 0 Å². The summed E-state index contributed by atoms with van der Waals surface area (Å²) in [5, 5.41) is 3.59. The lowest BCUT2D eigenvalue weighted by atomic mass is 10.3. The molecule has 2 N–H and O–H groups in total. The second-order valence-electron chi connectivity index (χ2n) is 4.13. The van der Waals surface area contributed by atoms with Gasteiger partial charge in [-0.1, -0.05) is 11.6 Å². The topological polar surface area (TPSA) is 58.2 Å². The molecule has 0 aliphatic carbocycles. The Bertz CT molecular complexity index is 716. The van der Waals surface area contributed by atoms with Crippen LogP contribution in [0.5, 0.6) is 0 Å². The van der Waals surface area contributed by atoms with E-state index in [1.807, 2.05) is 12.1 Å². The van der Waals surface area contributed by atoms with Gasteiger partial charge < -0.3 is 5.32 Å². The maximum Gasteiger partial charge on any atom is 0.229 e. The molecule has 2 aromatic rings. The molecule has 20 heavy (non-hydrogen) atoms. The standard InChI is InChI=1S/C12H12BrClN2O2S2/c1-20(17,18)16-11-4-2-8(6-10(11)14)15-7-9-3-5-12(13)19-9/h2-6,15-16H,7H2,1H3. The van der Waals surface area contributed by atoms with Crippen molar-refractivity contribution in [3.8, 4) is 0 Å². The van der Waals surface area contributed by atoms with Crippen molar-refractivity contribution in [1.29, 1.82) is 0 Å². The number of hydrogen-bond donors (Lipinski definition) is 2. The van der Waals surface area contributed by atoms with Crippen LogP contribution in [0.1, 0.15) is 4.88 Å². The molecule has 2 rings (SSSR count). The third kappa shape index (κ3) is 4.66. The van der Waals surface area contributed by atoms with Gasteiger partial charge >= 0.3 is 0 Å². The Morgan fingerprint density at radius 2 is 2.05 bits per heavy atom. The fourth-order valence-electron chi connectivity index (χ4n) is 1.54. The molecule has 0 saturated carbocycles. The predicted molar refractivity (Wildman–Crippen MR) is 89.3 cm³/mol. The van der Waals surface area contributed by atoms with Crippen LogP contribution in [0.2, 0.25) is 5.02 Å². The third-order valence-corrected chi connectivity index (χ3v) is 4.89. The number of hydrogen-bond acceptors (Lipinski definition) is 4. The number of benzene rings is 1. The fraction of sp³-hybridized carbons (Fsp3) is 0.167. The first kappa shape index (κ1) is 15.6. The summed E-state index contributed by atoms with van der Waals surface area (Å²) >= 11 is 11.1. The molecule has 0 spiro atoms. The molecule has 0 amide bonds. The van der Waals surface area contributed by atoms with E-state index in [0.717, 1.165) is 15.7 Å². The molecule has 1 aromatic heterocycles. The van der Waals surface area contributed by atoms with Gasteiger partial charge in [0.15, 0.2) is 0 Å². The van der Waals surface area contributed by atoms with Crippen LogP contribution < -0.4 is 10.0 Å². The van der Waals surface area contributed by atoms with Crippen LogP contribution in [-0.4, -0.2) is 14.7 Å². The summed E-state index contributed by atoms with van der Waals surface area (Å²) in [6, 6.07) is 9.13. The third-order valence-electron chi connectivity index (χ3n) is 2.36. The van der Waals surface area contributed by atoms with Gasteiger partial charge in [0.1, 0.15) is 0 Å². The Morgan fingerprint density at radius 3 is 2.60 bits per heavy atom. The summed E-state index contributed by atoms with van der Waals surface area (Å²) in [5.74, 6) is 0. The van der Waals surface area contributed by atoms with Crippen LogP contribution in [0.3, 0.4) is 0 Å². The SMILES string of the molecule is CS(=O)(=O)Nc1ccc(NCc2ccc(Br)s2)cc1Cl. The van der Waals surface area contributed by atoms with Gasteiger partial charge in [0.05, 0.1) is 20.8 Å². The number of anilines is 2. The average molecular weight is 396 g/mol. The molecule has 0 unspecified atom stereocenters.